The summed E-state index contributed by atoms with van der Waals surface area (Å²) in [6.07, 6.45) is 10.4. The van der Waals surface area contributed by atoms with E-state index >= 15 is 0 Å². The quantitative estimate of drug-likeness (QED) is 0.512. The zero-order chi connectivity index (χ0) is 23.5. The summed E-state index contributed by atoms with van der Waals surface area (Å²) >= 11 is 0. The molecule has 180 valence electrons. The van der Waals surface area contributed by atoms with E-state index in [1.807, 2.05) is 0 Å². The minimum absolute atomic E-state index is 0.355. The van der Waals surface area contributed by atoms with E-state index in [-0.39, 0.29) is 5.97 Å². The number of benzene rings is 1. The molecule has 1 aromatic carbocycles. The molecular formula is C27H35N5O2. The van der Waals surface area contributed by atoms with Crippen molar-refractivity contribution in [3.63, 3.8) is 0 Å². The highest BCUT2D eigenvalue weighted by atomic mass is 16.5. The van der Waals surface area contributed by atoms with Gasteiger partial charge in [0.05, 0.1) is 12.2 Å². The third-order valence-corrected chi connectivity index (χ3v) is 7.44. The normalized spacial score (nSPS) is 20.1. The van der Waals surface area contributed by atoms with Crippen LogP contribution in [0.1, 0.15) is 54.4 Å². The number of aryl methyl sites for hydroxylation is 1. The summed E-state index contributed by atoms with van der Waals surface area (Å²) in [6, 6.07) is 8.79. The first-order valence-corrected chi connectivity index (χ1v) is 12.6. The average Bonchev–Trinajstić information content (AvgIpc) is 3.22. The van der Waals surface area contributed by atoms with Gasteiger partial charge in [-0.1, -0.05) is 18.2 Å². The fraction of sp³-hybridized carbons (Fsp3) is 0.519. The van der Waals surface area contributed by atoms with Crippen LogP contribution in [-0.2, 0) is 11.8 Å². The minimum atomic E-state index is -0.365. The number of carbonyl (C=O) groups is 1. The largest absolute Gasteiger partial charge is 0.462 e. The molecule has 4 heterocycles. The van der Waals surface area contributed by atoms with Gasteiger partial charge < -0.3 is 19.1 Å². The third kappa shape index (κ3) is 4.80. The summed E-state index contributed by atoms with van der Waals surface area (Å²) in [5.41, 5.74) is 3.26. The highest BCUT2D eigenvalue weighted by Gasteiger charge is 2.28. The van der Waals surface area contributed by atoms with Crippen molar-refractivity contribution in [3.8, 4) is 0 Å². The number of para-hydroxylation sites is 1. The Balaban J connectivity index is 1.15. The summed E-state index contributed by atoms with van der Waals surface area (Å²) in [5, 5.41) is 1.42. The molecule has 0 saturated carbocycles. The fourth-order valence-corrected chi connectivity index (χ4v) is 5.66. The maximum absolute atomic E-state index is 11.8. The Morgan fingerprint density at radius 1 is 1.09 bits per heavy atom. The third-order valence-electron chi connectivity index (χ3n) is 7.44. The van der Waals surface area contributed by atoms with Gasteiger partial charge in [-0.3, -0.25) is 0 Å². The van der Waals surface area contributed by atoms with Crippen LogP contribution in [-0.4, -0.2) is 64.7 Å². The number of rotatable bonds is 6. The average molecular weight is 462 g/mol. The van der Waals surface area contributed by atoms with Gasteiger partial charge in [0.2, 0.25) is 5.95 Å². The zero-order valence-corrected chi connectivity index (χ0v) is 20.3. The molecular weight excluding hydrogens is 426 g/mol. The number of fused-ring (bicyclic) bond motifs is 1. The molecule has 34 heavy (non-hydrogen) atoms. The molecule has 5 rings (SSSR count). The van der Waals surface area contributed by atoms with E-state index in [1.54, 1.807) is 19.3 Å². The molecule has 0 aliphatic carbocycles. The minimum Gasteiger partial charge on any atom is -0.462 e. The summed E-state index contributed by atoms with van der Waals surface area (Å²) in [5.74, 6) is 1.67. The van der Waals surface area contributed by atoms with Gasteiger partial charge in [0.1, 0.15) is 0 Å². The van der Waals surface area contributed by atoms with Crippen molar-refractivity contribution in [2.45, 2.75) is 38.5 Å². The summed E-state index contributed by atoms with van der Waals surface area (Å²) in [4.78, 5) is 25.6. The van der Waals surface area contributed by atoms with E-state index in [4.69, 9.17) is 4.74 Å². The van der Waals surface area contributed by atoms with Gasteiger partial charge in [0, 0.05) is 62.7 Å². The summed E-state index contributed by atoms with van der Waals surface area (Å²) in [7, 11) is 2.16. The van der Waals surface area contributed by atoms with Crippen molar-refractivity contribution in [2.75, 3.05) is 44.2 Å². The maximum atomic E-state index is 11.8. The lowest BCUT2D eigenvalue weighted by Crippen LogP contribution is -2.42. The number of hydrogen-bond acceptors (Lipinski definition) is 6. The molecule has 0 spiro atoms. The number of piperidine rings is 2. The Morgan fingerprint density at radius 2 is 1.85 bits per heavy atom. The monoisotopic (exact) mass is 461 g/mol. The van der Waals surface area contributed by atoms with Crippen LogP contribution in [0.25, 0.3) is 10.9 Å². The molecule has 7 heteroatoms. The van der Waals surface area contributed by atoms with E-state index in [1.165, 1.54) is 42.4 Å². The standard InChI is InChI=1S/C27H35N5O2/c1-3-34-26(33)22-15-28-27(29-16-22)32-13-10-20(11-14-32)17-31-12-6-7-21(18-31)24-19-30(2)25-9-5-4-8-23(24)25/h4-5,8-9,15-16,19-21H,3,6-7,10-14,17-18H2,1-2H3. The maximum Gasteiger partial charge on any atom is 0.341 e. The highest BCUT2D eigenvalue weighted by Crippen LogP contribution is 2.34. The first kappa shape index (κ1) is 22.8. The Morgan fingerprint density at radius 3 is 2.62 bits per heavy atom. The van der Waals surface area contributed by atoms with E-state index < -0.39 is 0 Å². The van der Waals surface area contributed by atoms with Gasteiger partial charge in [-0.2, -0.15) is 0 Å². The van der Waals surface area contributed by atoms with Crippen LogP contribution >= 0.6 is 0 Å². The van der Waals surface area contributed by atoms with E-state index in [0.717, 1.165) is 32.5 Å². The molecule has 2 saturated heterocycles. The molecule has 2 aliphatic heterocycles. The molecule has 1 unspecified atom stereocenters. The van der Waals surface area contributed by atoms with Crippen molar-refractivity contribution < 1.29 is 9.53 Å². The first-order chi connectivity index (χ1) is 16.6. The number of hydrogen-bond donors (Lipinski definition) is 0. The smallest absolute Gasteiger partial charge is 0.341 e. The molecule has 2 aliphatic rings. The Kier molecular flexibility index (Phi) is 6.81. The highest BCUT2D eigenvalue weighted by molar-refractivity contribution is 5.88. The van der Waals surface area contributed by atoms with E-state index in [9.17, 15) is 4.79 Å². The number of esters is 1. The zero-order valence-electron chi connectivity index (χ0n) is 20.3. The van der Waals surface area contributed by atoms with Crippen LogP contribution in [0.3, 0.4) is 0 Å². The Bertz CT molecular complexity index is 1120. The van der Waals surface area contributed by atoms with Crippen molar-refractivity contribution in [1.29, 1.82) is 0 Å². The van der Waals surface area contributed by atoms with Gasteiger partial charge in [-0.05, 0) is 62.6 Å². The first-order valence-electron chi connectivity index (χ1n) is 12.6. The van der Waals surface area contributed by atoms with E-state index in [0.29, 0.717) is 30.0 Å². The van der Waals surface area contributed by atoms with Crippen LogP contribution in [0.5, 0.6) is 0 Å². The molecule has 0 amide bonds. The van der Waals surface area contributed by atoms with Crippen LogP contribution in [0, 0.1) is 5.92 Å². The summed E-state index contributed by atoms with van der Waals surface area (Å²) < 4.78 is 7.30. The number of anilines is 1. The lowest BCUT2D eigenvalue weighted by molar-refractivity contribution is 0.0525. The van der Waals surface area contributed by atoms with E-state index in [2.05, 4.69) is 61.8 Å². The number of aromatic nitrogens is 3. The van der Waals surface area contributed by atoms with Gasteiger partial charge in [-0.15, -0.1) is 0 Å². The molecule has 1 atom stereocenters. The second kappa shape index (κ2) is 10.1. The van der Waals surface area contributed by atoms with Crippen LogP contribution in [0.15, 0.2) is 42.9 Å². The molecule has 7 nitrogen and oxygen atoms in total. The number of likely N-dealkylation sites (tertiary alicyclic amines) is 1. The van der Waals surface area contributed by atoms with Crippen LogP contribution in [0.2, 0.25) is 0 Å². The number of ether oxygens (including phenoxy) is 1. The fourth-order valence-electron chi connectivity index (χ4n) is 5.66. The lowest BCUT2D eigenvalue weighted by Gasteiger charge is -2.38. The predicted octanol–water partition coefficient (Wildman–Crippen LogP) is 4.24. The van der Waals surface area contributed by atoms with Crippen LogP contribution in [0.4, 0.5) is 5.95 Å². The van der Waals surface area contributed by atoms with Crippen molar-refractivity contribution >= 4 is 22.8 Å². The van der Waals surface area contributed by atoms with Crippen molar-refractivity contribution in [3.05, 3.63) is 54.0 Å². The van der Waals surface area contributed by atoms with Crippen molar-refractivity contribution in [2.24, 2.45) is 13.0 Å². The van der Waals surface area contributed by atoms with Gasteiger partial charge in [-0.25, -0.2) is 14.8 Å². The molecule has 2 fully saturated rings. The summed E-state index contributed by atoms with van der Waals surface area (Å²) in [6.45, 7) is 7.62. The van der Waals surface area contributed by atoms with Crippen molar-refractivity contribution in [1.82, 2.24) is 19.4 Å². The second-order valence-corrected chi connectivity index (χ2v) is 9.73. The van der Waals surface area contributed by atoms with Crippen LogP contribution < -0.4 is 4.90 Å². The topological polar surface area (TPSA) is 63.5 Å². The van der Waals surface area contributed by atoms with Gasteiger partial charge in [0.15, 0.2) is 0 Å². The van der Waals surface area contributed by atoms with Gasteiger partial charge >= 0.3 is 5.97 Å². The van der Waals surface area contributed by atoms with Gasteiger partial charge in [0.25, 0.3) is 0 Å². The molecule has 0 bridgehead atoms. The second-order valence-electron chi connectivity index (χ2n) is 9.73. The lowest BCUT2D eigenvalue weighted by atomic mass is 9.89. The predicted molar refractivity (Wildman–Crippen MR) is 134 cm³/mol. The molecule has 0 radical (unpaired) electrons. The Hall–Kier alpha value is -2.93. The molecule has 0 N–H and O–H groups in total. The Labute approximate surface area is 201 Å². The SMILES string of the molecule is CCOC(=O)c1cnc(N2CCC(CN3CCCC(c4cn(C)c5ccccc45)C3)CC2)nc1. The molecule has 2 aromatic heterocycles. The molecule has 3 aromatic rings. The number of carbonyl (C=O) groups excluding carboxylic acids is 1. The number of nitrogens with zero attached hydrogens (tertiary/aromatic N) is 5.